The van der Waals surface area contributed by atoms with Crippen molar-refractivity contribution in [2.45, 2.75) is 43.4 Å². The highest BCUT2D eigenvalue weighted by Crippen LogP contribution is 2.64. The molecule has 2 aromatic carbocycles. The predicted molar refractivity (Wildman–Crippen MR) is 119 cm³/mol. The fourth-order valence-electron chi connectivity index (χ4n) is 5.41. The summed E-state index contributed by atoms with van der Waals surface area (Å²) in [5.74, 6) is 1.27. The molecule has 2 saturated heterocycles. The Bertz CT molecular complexity index is 1050. The smallest absolute Gasteiger partial charge is 0.254 e. The molecule has 1 spiro atoms. The Morgan fingerprint density at radius 2 is 1.78 bits per heavy atom. The molecule has 0 radical (unpaired) electrons. The van der Waals surface area contributed by atoms with Crippen LogP contribution in [0.2, 0.25) is 0 Å². The molecule has 168 valence electrons. The minimum Gasteiger partial charge on any atom is -0.496 e. The first-order valence-corrected chi connectivity index (χ1v) is 11.3. The van der Waals surface area contributed by atoms with Gasteiger partial charge < -0.3 is 14.7 Å². The lowest BCUT2D eigenvalue weighted by Crippen LogP contribution is -2.39. The van der Waals surface area contributed by atoms with Crippen molar-refractivity contribution in [2.75, 3.05) is 20.2 Å². The van der Waals surface area contributed by atoms with Gasteiger partial charge >= 0.3 is 0 Å². The van der Waals surface area contributed by atoms with Crippen molar-refractivity contribution in [1.82, 2.24) is 26.8 Å². The number of hydrogen-bond acceptors (Lipinski definition) is 7. The second-order valence-electron chi connectivity index (χ2n) is 9.68. The standard InChI is InChI=1S/C24H29N5O3/c1-32-20-7-6-17(21-25-27-28-26-21)12-18(20)15-2-4-16(5-3-15)19-13-23(19)10-11-29(14-23)22(30)24(31)8-9-24/h2-7,12,19,21,25-28,31H,8-11,13-14H2,1H3/t19-,23+/m0/s1. The summed E-state index contributed by atoms with van der Waals surface area (Å²) in [5.41, 5.74) is 15.7. The lowest BCUT2D eigenvalue weighted by atomic mass is 9.95. The molecule has 2 aliphatic carbocycles. The first-order chi connectivity index (χ1) is 15.5. The molecule has 32 heavy (non-hydrogen) atoms. The third-order valence-electron chi connectivity index (χ3n) is 7.66. The number of aliphatic hydroxyl groups is 1. The van der Waals surface area contributed by atoms with Crippen LogP contribution in [-0.2, 0) is 4.79 Å². The van der Waals surface area contributed by atoms with Crippen LogP contribution in [0.5, 0.6) is 5.75 Å². The van der Waals surface area contributed by atoms with Gasteiger partial charge in [-0.1, -0.05) is 30.3 Å². The number of carbonyl (C=O) groups excluding carboxylic acids is 1. The SMILES string of the molecule is COc1ccc(C2NNNN2)cc1-c1ccc([C@@H]2C[C@@]23CCN(C(=O)C2(O)CC2)C3)cc1. The summed E-state index contributed by atoms with van der Waals surface area (Å²) in [6.07, 6.45) is 3.34. The maximum atomic E-state index is 12.5. The van der Waals surface area contributed by atoms with Crippen LogP contribution < -0.4 is 26.7 Å². The molecule has 4 aliphatic rings. The van der Waals surface area contributed by atoms with Crippen LogP contribution >= 0.6 is 0 Å². The lowest BCUT2D eigenvalue weighted by Gasteiger charge is -2.20. The largest absolute Gasteiger partial charge is 0.496 e. The van der Waals surface area contributed by atoms with Gasteiger partial charge in [-0.15, -0.1) is 0 Å². The van der Waals surface area contributed by atoms with Gasteiger partial charge in [0.05, 0.1) is 7.11 Å². The molecule has 2 atom stereocenters. The highest BCUT2D eigenvalue weighted by Gasteiger charge is 2.61. The second-order valence-corrected chi connectivity index (χ2v) is 9.68. The molecule has 8 nitrogen and oxygen atoms in total. The van der Waals surface area contributed by atoms with E-state index in [0.29, 0.717) is 18.8 Å². The van der Waals surface area contributed by atoms with Crippen molar-refractivity contribution in [3.8, 4) is 16.9 Å². The molecule has 4 fully saturated rings. The number of ether oxygens (including phenoxy) is 1. The van der Waals surface area contributed by atoms with E-state index in [0.717, 1.165) is 48.4 Å². The molecule has 2 heterocycles. The van der Waals surface area contributed by atoms with E-state index in [9.17, 15) is 9.90 Å². The van der Waals surface area contributed by atoms with Crippen molar-refractivity contribution in [2.24, 2.45) is 5.41 Å². The summed E-state index contributed by atoms with van der Waals surface area (Å²) in [7, 11) is 1.70. The molecule has 5 N–H and O–H groups in total. The van der Waals surface area contributed by atoms with Crippen molar-refractivity contribution in [1.29, 1.82) is 0 Å². The molecule has 2 aliphatic heterocycles. The summed E-state index contributed by atoms with van der Waals surface area (Å²) < 4.78 is 5.62. The van der Waals surface area contributed by atoms with Crippen LogP contribution in [0.3, 0.4) is 0 Å². The van der Waals surface area contributed by atoms with Crippen LogP contribution in [0.15, 0.2) is 42.5 Å². The van der Waals surface area contributed by atoms with Gasteiger partial charge in [-0.2, -0.15) is 11.1 Å². The van der Waals surface area contributed by atoms with Crippen molar-refractivity contribution >= 4 is 5.91 Å². The van der Waals surface area contributed by atoms with Crippen molar-refractivity contribution in [3.05, 3.63) is 53.6 Å². The highest BCUT2D eigenvalue weighted by molar-refractivity contribution is 5.88. The number of likely N-dealkylation sites (tertiary alicyclic amines) is 1. The number of hydrogen-bond donors (Lipinski definition) is 5. The van der Waals surface area contributed by atoms with Gasteiger partial charge in [0, 0.05) is 18.7 Å². The second kappa shape index (κ2) is 7.26. The average Bonchev–Trinajstić information content (AvgIpc) is 3.56. The number of rotatable bonds is 5. The minimum atomic E-state index is -1.05. The van der Waals surface area contributed by atoms with Crippen molar-refractivity contribution in [3.63, 3.8) is 0 Å². The number of carbonyl (C=O) groups is 1. The normalized spacial score (nSPS) is 28.3. The van der Waals surface area contributed by atoms with E-state index < -0.39 is 5.60 Å². The zero-order valence-corrected chi connectivity index (χ0v) is 18.1. The Labute approximate surface area is 187 Å². The summed E-state index contributed by atoms with van der Waals surface area (Å²) in [6.45, 7) is 1.55. The van der Waals surface area contributed by atoms with Crippen molar-refractivity contribution < 1.29 is 14.6 Å². The topological polar surface area (TPSA) is 97.9 Å². The Morgan fingerprint density at radius 1 is 1.06 bits per heavy atom. The fraction of sp³-hybridized carbons (Fsp3) is 0.458. The highest BCUT2D eigenvalue weighted by atomic mass is 16.5. The monoisotopic (exact) mass is 435 g/mol. The Kier molecular flexibility index (Phi) is 4.57. The molecule has 8 heteroatoms. The average molecular weight is 436 g/mol. The zero-order valence-electron chi connectivity index (χ0n) is 18.1. The molecule has 2 saturated carbocycles. The minimum absolute atomic E-state index is 0.0352. The van der Waals surface area contributed by atoms with Gasteiger partial charge in [-0.3, -0.25) is 4.79 Å². The van der Waals surface area contributed by atoms with Gasteiger partial charge in [-0.05, 0) is 65.8 Å². The quantitative estimate of drug-likeness (QED) is 0.488. The Hall–Kier alpha value is -2.49. The van der Waals surface area contributed by atoms with Crippen LogP contribution in [0.25, 0.3) is 11.1 Å². The number of nitrogens with zero attached hydrogens (tertiary/aromatic N) is 1. The van der Waals surface area contributed by atoms with Gasteiger partial charge in [0.25, 0.3) is 5.91 Å². The summed E-state index contributed by atoms with van der Waals surface area (Å²) in [4.78, 5) is 14.4. The maximum absolute atomic E-state index is 12.5. The first-order valence-electron chi connectivity index (χ1n) is 11.3. The van der Waals surface area contributed by atoms with Gasteiger partial charge in [-0.25, -0.2) is 10.9 Å². The third kappa shape index (κ3) is 3.30. The molecule has 0 unspecified atom stereocenters. The van der Waals surface area contributed by atoms with E-state index in [2.05, 4.69) is 52.3 Å². The first kappa shape index (κ1) is 20.1. The van der Waals surface area contributed by atoms with E-state index in [1.54, 1.807) is 7.11 Å². The van der Waals surface area contributed by atoms with E-state index in [1.807, 2.05) is 17.0 Å². The number of hydrazine groups is 3. The molecule has 6 rings (SSSR count). The predicted octanol–water partition coefficient (Wildman–Crippen LogP) is 1.71. The summed E-state index contributed by atoms with van der Waals surface area (Å²) >= 11 is 0. The number of benzene rings is 2. The molecular weight excluding hydrogens is 406 g/mol. The number of amides is 1. The maximum Gasteiger partial charge on any atom is 0.254 e. The van der Waals surface area contributed by atoms with Gasteiger partial charge in [0.15, 0.2) is 0 Å². The van der Waals surface area contributed by atoms with E-state index in [4.69, 9.17) is 4.74 Å². The van der Waals surface area contributed by atoms with Gasteiger partial charge in [0.1, 0.15) is 17.5 Å². The lowest BCUT2D eigenvalue weighted by molar-refractivity contribution is -0.141. The molecule has 2 aromatic rings. The Morgan fingerprint density at radius 3 is 2.47 bits per heavy atom. The number of nitrogens with one attached hydrogen (secondary N) is 4. The third-order valence-corrected chi connectivity index (χ3v) is 7.66. The fourth-order valence-corrected chi connectivity index (χ4v) is 5.41. The Balaban J connectivity index is 1.19. The van der Waals surface area contributed by atoms with E-state index in [1.165, 1.54) is 5.56 Å². The molecule has 0 bridgehead atoms. The van der Waals surface area contributed by atoms with E-state index >= 15 is 0 Å². The van der Waals surface area contributed by atoms with Crippen LogP contribution in [0.1, 0.15) is 48.9 Å². The van der Waals surface area contributed by atoms with Crippen LogP contribution in [-0.4, -0.2) is 41.7 Å². The molecule has 1 amide bonds. The van der Waals surface area contributed by atoms with E-state index in [-0.39, 0.29) is 17.5 Å². The van der Waals surface area contributed by atoms with Gasteiger partial charge in [0.2, 0.25) is 0 Å². The van der Waals surface area contributed by atoms with Crippen LogP contribution in [0.4, 0.5) is 0 Å². The summed E-state index contributed by atoms with van der Waals surface area (Å²) in [5, 5.41) is 10.2. The number of methoxy groups -OCH3 is 1. The molecular formula is C24H29N5O3. The summed E-state index contributed by atoms with van der Waals surface area (Å²) in [6, 6.07) is 14.9. The zero-order chi connectivity index (χ0) is 21.9. The van der Waals surface area contributed by atoms with Crippen LogP contribution in [0, 0.1) is 5.41 Å². The molecule has 0 aromatic heterocycles.